The first-order valence-electron chi connectivity index (χ1n) is 7.04. The third kappa shape index (κ3) is 2.88. The fourth-order valence-corrected chi connectivity index (χ4v) is 2.35. The molecular weight excluding hydrogens is 260 g/mol. The number of para-hydroxylation sites is 2. The molecule has 0 unspecified atom stereocenters. The van der Waals surface area contributed by atoms with Gasteiger partial charge in [-0.3, -0.25) is 0 Å². The highest BCUT2D eigenvalue weighted by molar-refractivity contribution is 5.80. The molecule has 3 heteroatoms. The van der Waals surface area contributed by atoms with Crippen LogP contribution in [0.5, 0.6) is 11.6 Å². The van der Waals surface area contributed by atoms with Crippen molar-refractivity contribution in [1.82, 2.24) is 10.3 Å². The van der Waals surface area contributed by atoms with E-state index in [2.05, 4.69) is 28.5 Å². The van der Waals surface area contributed by atoms with Crippen LogP contribution in [0.15, 0.2) is 54.6 Å². The lowest BCUT2D eigenvalue weighted by molar-refractivity contribution is 0.454. The van der Waals surface area contributed by atoms with Crippen LogP contribution in [0.3, 0.4) is 0 Å². The second kappa shape index (κ2) is 5.94. The van der Waals surface area contributed by atoms with Crippen LogP contribution in [-0.4, -0.2) is 12.0 Å². The average Bonchev–Trinajstić information content (AvgIpc) is 2.50. The van der Waals surface area contributed by atoms with Gasteiger partial charge in [0.25, 0.3) is 0 Å². The zero-order valence-electron chi connectivity index (χ0n) is 12.3. The SMILES string of the molecule is CNCc1ccccc1Oc1nc2ccccc2cc1C. The van der Waals surface area contributed by atoms with Gasteiger partial charge in [0.05, 0.1) is 5.52 Å². The van der Waals surface area contributed by atoms with E-state index in [9.17, 15) is 0 Å². The highest BCUT2D eigenvalue weighted by Crippen LogP contribution is 2.28. The molecule has 1 aromatic heterocycles. The fraction of sp³-hybridized carbons (Fsp3) is 0.167. The minimum absolute atomic E-state index is 0.664. The van der Waals surface area contributed by atoms with E-state index in [4.69, 9.17) is 4.74 Å². The van der Waals surface area contributed by atoms with Crippen LogP contribution in [0, 0.1) is 6.92 Å². The van der Waals surface area contributed by atoms with E-state index in [-0.39, 0.29) is 0 Å². The Morgan fingerprint density at radius 2 is 1.81 bits per heavy atom. The Balaban J connectivity index is 2.00. The van der Waals surface area contributed by atoms with Crippen molar-refractivity contribution in [3.05, 3.63) is 65.7 Å². The van der Waals surface area contributed by atoms with Crippen molar-refractivity contribution in [2.75, 3.05) is 7.05 Å². The summed E-state index contributed by atoms with van der Waals surface area (Å²) in [5, 5.41) is 4.28. The van der Waals surface area contributed by atoms with E-state index in [1.54, 1.807) is 0 Å². The number of ether oxygens (including phenoxy) is 1. The highest BCUT2D eigenvalue weighted by atomic mass is 16.5. The van der Waals surface area contributed by atoms with Gasteiger partial charge in [0.2, 0.25) is 5.88 Å². The maximum atomic E-state index is 6.05. The topological polar surface area (TPSA) is 34.1 Å². The summed E-state index contributed by atoms with van der Waals surface area (Å²) in [7, 11) is 1.93. The van der Waals surface area contributed by atoms with Crippen LogP contribution in [0.2, 0.25) is 0 Å². The summed E-state index contributed by atoms with van der Waals surface area (Å²) in [5.74, 6) is 1.51. The lowest BCUT2D eigenvalue weighted by Gasteiger charge is -2.12. The minimum Gasteiger partial charge on any atom is -0.438 e. The number of hydrogen-bond donors (Lipinski definition) is 1. The molecule has 0 bridgehead atoms. The lowest BCUT2D eigenvalue weighted by Crippen LogP contribution is -2.06. The molecule has 0 saturated heterocycles. The number of pyridine rings is 1. The molecule has 0 spiro atoms. The van der Waals surface area contributed by atoms with E-state index < -0.39 is 0 Å². The van der Waals surface area contributed by atoms with Crippen LogP contribution >= 0.6 is 0 Å². The van der Waals surface area contributed by atoms with Crippen molar-refractivity contribution in [3.8, 4) is 11.6 Å². The minimum atomic E-state index is 0.664. The van der Waals surface area contributed by atoms with Crippen molar-refractivity contribution in [2.24, 2.45) is 0 Å². The molecule has 2 aromatic carbocycles. The summed E-state index contributed by atoms with van der Waals surface area (Å²) < 4.78 is 6.05. The molecule has 0 fully saturated rings. The van der Waals surface area contributed by atoms with Gasteiger partial charge in [0.15, 0.2) is 0 Å². The predicted octanol–water partition coefficient (Wildman–Crippen LogP) is 4.05. The van der Waals surface area contributed by atoms with Gasteiger partial charge in [0.1, 0.15) is 5.75 Å². The number of rotatable bonds is 4. The molecule has 0 aliphatic rings. The van der Waals surface area contributed by atoms with Gasteiger partial charge in [-0.25, -0.2) is 4.98 Å². The molecule has 106 valence electrons. The number of aromatic nitrogens is 1. The third-order valence-corrected chi connectivity index (χ3v) is 3.41. The molecule has 0 amide bonds. The molecular formula is C18H18N2O. The molecule has 21 heavy (non-hydrogen) atoms. The second-order valence-electron chi connectivity index (χ2n) is 5.04. The Kier molecular flexibility index (Phi) is 3.84. The first kappa shape index (κ1) is 13.6. The van der Waals surface area contributed by atoms with Gasteiger partial charge in [-0.15, -0.1) is 0 Å². The highest BCUT2D eigenvalue weighted by Gasteiger charge is 2.08. The first-order chi connectivity index (χ1) is 10.3. The average molecular weight is 278 g/mol. The predicted molar refractivity (Wildman–Crippen MR) is 85.8 cm³/mol. The second-order valence-corrected chi connectivity index (χ2v) is 5.04. The summed E-state index contributed by atoms with van der Waals surface area (Å²) in [5.41, 5.74) is 3.10. The molecule has 1 heterocycles. The summed E-state index contributed by atoms with van der Waals surface area (Å²) in [6.45, 7) is 2.79. The van der Waals surface area contributed by atoms with Gasteiger partial charge >= 0.3 is 0 Å². The molecule has 3 rings (SSSR count). The molecule has 0 atom stereocenters. The van der Waals surface area contributed by atoms with Gasteiger partial charge in [-0.1, -0.05) is 36.4 Å². The standard InChI is InChI=1S/C18H18N2O/c1-13-11-14-7-3-5-9-16(14)20-18(13)21-17-10-6-4-8-15(17)12-19-2/h3-11,19H,12H2,1-2H3. The Bertz CT molecular complexity index is 768. The van der Waals surface area contributed by atoms with Crippen LogP contribution < -0.4 is 10.1 Å². The van der Waals surface area contributed by atoms with Crippen LogP contribution in [0.4, 0.5) is 0 Å². The Morgan fingerprint density at radius 1 is 1.05 bits per heavy atom. The quantitative estimate of drug-likeness (QED) is 0.781. The molecule has 0 aliphatic heterocycles. The van der Waals surface area contributed by atoms with Gasteiger partial charge in [-0.2, -0.15) is 0 Å². The van der Waals surface area contributed by atoms with Crippen molar-refractivity contribution in [2.45, 2.75) is 13.5 Å². The number of nitrogens with zero attached hydrogens (tertiary/aromatic N) is 1. The summed E-state index contributed by atoms with van der Waals surface area (Å²) >= 11 is 0. The van der Waals surface area contributed by atoms with Crippen LogP contribution in [0.25, 0.3) is 10.9 Å². The molecule has 1 N–H and O–H groups in total. The monoisotopic (exact) mass is 278 g/mol. The van der Waals surface area contributed by atoms with Crippen molar-refractivity contribution in [1.29, 1.82) is 0 Å². The Hall–Kier alpha value is -2.39. The summed E-state index contributed by atoms with van der Waals surface area (Å²) in [4.78, 5) is 4.63. The first-order valence-corrected chi connectivity index (χ1v) is 7.04. The van der Waals surface area contributed by atoms with Crippen molar-refractivity contribution in [3.63, 3.8) is 0 Å². The van der Waals surface area contributed by atoms with Gasteiger partial charge in [0, 0.05) is 23.1 Å². The van der Waals surface area contributed by atoms with E-state index >= 15 is 0 Å². The van der Waals surface area contributed by atoms with Crippen molar-refractivity contribution < 1.29 is 4.74 Å². The number of nitrogens with one attached hydrogen (secondary N) is 1. The maximum Gasteiger partial charge on any atom is 0.222 e. The van der Waals surface area contributed by atoms with E-state index in [0.717, 1.165) is 34.3 Å². The number of aryl methyl sites for hydroxylation is 1. The largest absolute Gasteiger partial charge is 0.438 e. The fourth-order valence-electron chi connectivity index (χ4n) is 2.35. The normalized spacial score (nSPS) is 10.8. The zero-order valence-corrected chi connectivity index (χ0v) is 12.3. The third-order valence-electron chi connectivity index (χ3n) is 3.41. The number of fused-ring (bicyclic) bond motifs is 1. The molecule has 3 nitrogen and oxygen atoms in total. The number of benzene rings is 2. The van der Waals surface area contributed by atoms with E-state index in [1.165, 1.54) is 0 Å². The molecule has 3 aromatic rings. The maximum absolute atomic E-state index is 6.05. The van der Waals surface area contributed by atoms with E-state index in [0.29, 0.717) is 5.88 Å². The Labute approximate surface area is 124 Å². The summed E-state index contributed by atoms with van der Waals surface area (Å²) in [6.07, 6.45) is 0. The van der Waals surface area contributed by atoms with Crippen molar-refractivity contribution >= 4 is 10.9 Å². The van der Waals surface area contributed by atoms with E-state index in [1.807, 2.05) is 50.4 Å². The van der Waals surface area contributed by atoms with Crippen LogP contribution in [-0.2, 0) is 6.54 Å². The van der Waals surface area contributed by atoms with Gasteiger partial charge in [-0.05, 0) is 32.2 Å². The zero-order chi connectivity index (χ0) is 14.7. The molecule has 0 aliphatic carbocycles. The molecule has 0 radical (unpaired) electrons. The van der Waals surface area contributed by atoms with Gasteiger partial charge < -0.3 is 10.1 Å². The number of hydrogen-bond acceptors (Lipinski definition) is 3. The smallest absolute Gasteiger partial charge is 0.222 e. The Morgan fingerprint density at radius 3 is 2.67 bits per heavy atom. The van der Waals surface area contributed by atoms with Crippen LogP contribution in [0.1, 0.15) is 11.1 Å². The summed E-state index contributed by atoms with van der Waals surface area (Å²) in [6, 6.07) is 18.2. The molecule has 0 saturated carbocycles. The lowest BCUT2D eigenvalue weighted by atomic mass is 10.1.